The molecule has 1 heteroatoms. The normalized spacial score (nSPS) is 12.7. The minimum Gasteiger partial charge on any atom is -0.309 e. The third-order valence-corrected chi connectivity index (χ3v) is 8.54. The molecule has 5 aromatic carbocycles. The van der Waals surface area contributed by atoms with Crippen LogP contribution in [0.5, 0.6) is 0 Å². The lowest BCUT2D eigenvalue weighted by molar-refractivity contribution is 0.591. The largest absolute Gasteiger partial charge is 0.309 e. The number of aryl methyl sites for hydroxylation is 2. The van der Waals surface area contributed by atoms with Gasteiger partial charge in [-0.25, -0.2) is 0 Å². The van der Waals surface area contributed by atoms with Crippen LogP contribution in [0, 0.1) is 13.8 Å². The van der Waals surface area contributed by atoms with Gasteiger partial charge < -0.3 is 4.57 Å². The van der Waals surface area contributed by atoms with Crippen molar-refractivity contribution in [3.05, 3.63) is 139 Å². The minimum atomic E-state index is 0.0276. The highest BCUT2D eigenvalue weighted by Gasteiger charge is 2.24. The molecule has 0 spiro atoms. The first-order valence-corrected chi connectivity index (χ1v) is 14.9. The lowest BCUT2D eigenvalue weighted by Crippen LogP contribution is -2.10. The van der Waals surface area contributed by atoms with Crippen LogP contribution in [0.15, 0.2) is 122 Å². The summed E-state index contributed by atoms with van der Waals surface area (Å²) in [5, 5.41) is 5.11. The molecule has 208 valence electrons. The SMILES string of the molecule is C=C/C=C(\C=C/C)n1c2cc(C(C)(C)C)ccc2c2c(-c3cc(-c4ccccc4)ccc3C)c(C)c3ccccc3c21. The van der Waals surface area contributed by atoms with Gasteiger partial charge in [0.15, 0.2) is 0 Å². The molecule has 6 aromatic rings. The van der Waals surface area contributed by atoms with Gasteiger partial charge in [0.25, 0.3) is 0 Å². The second kappa shape index (κ2) is 10.7. The fraction of sp³-hybridized carbons (Fsp3) is 0.171. The summed E-state index contributed by atoms with van der Waals surface area (Å²) >= 11 is 0. The van der Waals surface area contributed by atoms with Gasteiger partial charge in [0.2, 0.25) is 0 Å². The third-order valence-electron chi connectivity index (χ3n) is 8.54. The number of benzene rings is 5. The first kappa shape index (κ1) is 27.5. The van der Waals surface area contributed by atoms with Crippen LogP contribution in [0.2, 0.25) is 0 Å². The number of allylic oxidation sites excluding steroid dienone is 5. The monoisotopic (exact) mass is 545 g/mol. The van der Waals surface area contributed by atoms with Crippen molar-refractivity contribution in [1.29, 1.82) is 0 Å². The molecule has 0 N–H and O–H groups in total. The lowest BCUT2D eigenvalue weighted by Gasteiger charge is -2.19. The van der Waals surface area contributed by atoms with Crippen LogP contribution >= 0.6 is 0 Å². The Bertz CT molecular complexity index is 2040. The maximum absolute atomic E-state index is 4.08. The molecule has 1 aromatic heterocycles. The fourth-order valence-corrected chi connectivity index (χ4v) is 6.40. The first-order valence-electron chi connectivity index (χ1n) is 14.9. The molecule has 6 rings (SSSR count). The van der Waals surface area contributed by atoms with Gasteiger partial charge in [-0.3, -0.25) is 0 Å². The van der Waals surface area contributed by atoms with E-state index in [2.05, 4.69) is 162 Å². The van der Waals surface area contributed by atoms with E-state index in [-0.39, 0.29) is 5.41 Å². The quantitative estimate of drug-likeness (QED) is 0.190. The van der Waals surface area contributed by atoms with Crippen molar-refractivity contribution in [3.63, 3.8) is 0 Å². The Labute approximate surface area is 250 Å². The summed E-state index contributed by atoms with van der Waals surface area (Å²) in [6.07, 6.45) is 8.33. The van der Waals surface area contributed by atoms with Gasteiger partial charge >= 0.3 is 0 Å². The molecule has 0 saturated carbocycles. The van der Waals surface area contributed by atoms with Crippen LogP contribution in [0.3, 0.4) is 0 Å². The molecule has 0 unspecified atom stereocenters. The van der Waals surface area contributed by atoms with Gasteiger partial charge in [0.1, 0.15) is 0 Å². The van der Waals surface area contributed by atoms with Gasteiger partial charge in [-0.05, 0) is 94.8 Å². The summed E-state index contributed by atoms with van der Waals surface area (Å²) in [6.45, 7) is 17.6. The van der Waals surface area contributed by atoms with Crippen LogP contribution in [-0.4, -0.2) is 4.57 Å². The fourth-order valence-electron chi connectivity index (χ4n) is 6.40. The standard InChI is InChI=1S/C41H39N/c1-8-15-32(16-9-2)42-37-26-31(41(5,6)7)23-24-35(37)39-38(28(4)33-19-13-14-20-34(33)40(39)42)36-25-30(22-21-27(36)3)29-17-11-10-12-18-29/h8-26H,1H2,2-7H3/b16-9-,32-15+. The summed E-state index contributed by atoms with van der Waals surface area (Å²) in [5.41, 5.74) is 12.6. The predicted molar refractivity (Wildman–Crippen MR) is 185 cm³/mol. The number of hydrogen-bond donors (Lipinski definition) is 0. The van der Waals surface area contributed by atoms with E-state index in [0.717, 1.165) is 5.70 Å². The highest BCUT2D eigenvalue weighted by atomic mass is 15.0. The third kappa shape index (κ3) is 4.50. The van der Waals surface area contributed by atoms with E-state index in [4.69, 9.17) is 0 Å². The van der Waals surface area contributed by atoms with Crippen molar-refractivity contribution in [1.82, 2.24) is 4.57 Å². The second-order valence-corrected chi connectivity index (χ2v) is 12.3. The van der Waals surface area contributed by atoms with Crippen molar-refractivity contribution in [2.45, 2.75) is 47.0 Å². The molecular weight excluding hydrogens is 506 g/mol. The van der Waals surface area contributed by atoms with Crippen LogP contribution in [-0.2, 0) is 5.41 Å². The Balaban J connectivity index is 1.87. The summed E-state index contributed by atoms with van der Waals surface area (Å²) in [6, 6.07) is 33.6. The van der Waals surface area contributed by atoms with E-state index in [1.807, 2.05) is 6.08 Å². The summed E-state index contributed by atoms with van der Waals surface area (Å²) in [5.74, 6) is 0. The van der Waals surface area contributed by atoms with E-state index >= 15 is 0 Å². The zero-order valence-electron chi connectivity index (χ0n) is 25.6. The predicted octanol–water partition coefficient (Wildman–Crippen LogP) is 11.8. The highest BCUT2D eigenvalue weighted by molar-refractivity contribution is 6.26. The molecule has 1 nitrogen and oxygen atoms in total. The average Bonchev–Trinajstić information content (AvgIpc) is 3.32. The van der Waals surface area contributed by atoms with Gasteiger partial charge in [-0.1, -0.05) is 118 Å². The topological polar surface area (TPSA) is 4.93 Å². The molecule has 0 fully saturated rings. The summed E-state index contributed by atoms with van der Waals surface area (Å²) in [4.78, 5) is 0. The molecule has 0 aliphatic rings. The number of nitrogens with zero attached hydrogens (tertiary/aromatic N) is 1. The number of aromatic nitrogens is 1. The van der Waals surface area contributed by atoms with Gasteiger partial charge in [-0.15, -0.1) is 0 Å². The number of hydrogen-bond acceptors (Lipinski definition) is 0. The lowest BCUT2D eigenvalue weighted by atomic mass is 9.85. The van der Waals surface area contributed by atoms with Crippen LogP contribution in [0.1, 0.15) is 44.4 Å². The molecule has 0 aliphatic carbocycles. The van der Waals surface area contributed by atoms with Crippen molar-refractivity contribution < 1.29 is 0 Å². The van der Waals surface area contributed by atoms with Gasteiger partial charge in [0, 0.05) is 21.9 Å². The Kier molecular flexibility index (Phi) is 6.99. The van der Waals surface area contributed by atoms with Crippen molar-refractivity contribution in [3.8, 4) is 22.3 Å². The maximum atomic E-state index is 4.08. The minimum absolute atomic E-state index is 0.0276. The Morgan fingerprint density at radius 3 is 2.17 bits per heavy atom. The molecule has 0 atom stereocenters. The Morgan fingerprint density at radius 2 is 1.48 bits per heavy atom. The van der Waals surface area contributed by atoms with Crippen LogP contribution in [0.25, 0.3) is 60.5 Å². The van der Waals surface area contributed by atoms with E-state index in [1.165, 1.54) is 71.5 Å². The van der Waals surface area contributed by atoms with Gasteiger partial charge in [0.05, 0.1) is 11.0 Å². The van der Waals surface area contributed by atoms with E-state index in [9.17, 15) is 0 Å². The molecule has 1 heterocycles. The van der Waals surface area contributed by atoms with Crippen LogP contribution < -0.4 is 0 Å². The molecule has 42 heavy (non-hydrogen) atoms. The Morgan fingerprint density at radius 1 is 0.762 bits per heavy atom. The Hall–Kier alpha value is -4.62. The molecule has 0 radical (unpaired) electrons. The molecular formula is C41H39N. The first-order chi connectivity index (χ1) is 20.2. The average molecular weight is 546 g/mol. The van der Waals surface area contributed by atoms with Crippen LogP contribution in [0.4, 0.5) is 0 Å². The molecule has 0 saturated heterocycles. The van der Waals surface area contributed by atoms with Crippen molar-refractivity contribution in [2.24, 2.45) is 0 Å². The number of fused-ring (bicyclic) bond motifs is 5. The number of rotatable bonds is 5. The smallest absolute Gasteiger partial charge is 0.0625 e. The molecule has 0 aliphatic heterocycles. The summed E-state index contributed by atoms with van der Waals surface area (Å²) in [7, 11) is 0. The van der Waals surface area contributed by atoms with E-state index in [0.29, 0.717) is 0 Å². The van der Waals surface area contributed by atoms with Crippen molar-refractivity contribution >= 4 is 38.3 Å². The van der Waals surface area contributed by atoms with Crippen molar-refractivity contribution in [2.75, 3.05) is 0 Å². The zero-order chi connectivity index (χ0) is 29.6. The second-order valence-electron chi connectivity index (χ2n) is 12.3. The van der Waals surface area contributed by atoms with E-state index < -0.39 is 0 Å². The maximum Gasteiger partial charge on any atom is 0.0625 e. The zero-order valence-corrected chi connectivity index (χ0v) is 25.6. The van der Waals surface area contributed by atoms with E-state index in [1.54, 1.807) is 0 Å². The molecule has 0 bridgehead atoms. The summed E-state index contributed by atoms with van der Waals surface area (Å²) < 4.78 is 2.46. The highest BCUT2D eigenvalue weighted by Crippen LogP contribution is 2.47. The molecule has 0 amide bonds. The van der Waals surface area contributed by atoms with Gasteiger partial charge in [-0.2, -0.15) is 0 Å².